The molecule has 1 N–H and O–H groups in total. The number of carbonyl (C=O) groups excluding carboxylic acids is 1. The number of fused-ring (bicyclic) bond motifs is 1. The van der Waals surface area contributed by atoms with Crippen molar-refractivity contribution in [2.24, 2.45) is 5.92 Å². The van der Waals surface area contributed by atoms with Crippen LogP contribution in [0.15, 0.2) is 24.3 Å². The van der Waals surface area contributed by atoms with Gasteiger partial charge in [0, 0.05) is 30.5 Å². The Bertz CT molecular complexity index is 421. The van der Waals surface area contributed by atoms with E-state index in [1.807, 2.05) is 6.07 Å². The fourth-order valence-electron chi connectivity index (χ4n) is 3.20. The molecule has 2 aliphatic rings. The molecule has 2 nitrogen and oxygen atoms in total. The Morgan fingerprint density at radius 1 is 1.24 bits per heavy atom. The lowest BCUT2D eigenvalue weighted by atomic mass is 9.90. The van der Waals surface area contributed by atoms with Gasteiger partial charge in [0.15, 0.2) is 0 Å². The second-order valence-corrected chi connectivity index (χ2v) is 5.32. The van der Waals surface area contributed by atoms with Gasteiger partial charge in [-0.1, -0.05) is 31.0 Å². The Balaban J connectivity index is 1.68. The quantitative estimate of drug-likeness (QED) is 0.861. The van der Waals surface area contributed by atoms with E-state index in [2.05, 4.69) is 23.5 Å². The number of rotatable bonds is 3. The van der Waals surface area contributed by atoms with E-state index in [1.165, 1.54) is 24.1 Å². The molecule has 0 saturated heterocycles. The first-order valence-electron chi connectivity index (χ1n) is 6.70. The summed E-state index contributed by atoms with van der Waals surface area (Å²) in [5, 5.41) is 3.39. The van der Waals surface area contributed by atoms with Crippen LogP contribution in [-0.2, 0) is 4.79 Å². The SMILES string of the molecule is O=C(CC1CNc2ccccc21)C1CCCC1. The molecule has 1 aliphatic heterocycles. The summed E-state index contributed by atoms with van der Waals surface area (Å²) >= 11 is 0. The van der Waals surface area contributed by atoms with E-state index in [1.54, 1.807) is 0 Å². The number of benzene rings is 1. The van der Waals surface area contributed by atoms with Crippen LogP contribution in [0.4, 0.5) is 5.69 Å². The summed E-state index contributed by atoms with van der Waals surface area (Å²) in [5.74, 6) is 1.26. The van der Waals surface area contributed by atoms with Crippen molar-refractivity contribution in [3.63, 3.8) is 0 Å². The summed E-state index contributed by atoms with van der Waals surface area (Å²) in [5.41, 5.74) is 2.55. The molecule has 1 aliphatic carbocycles. The van der Waals surface area contributed by atoms with Crippen LogP contribution in [0.3, 0.4) is 0 Å². The van der Waals surface area contributed by atoms with Crippen molar-refractivity contribution >= 4 is 11.5 Å². The van der Waals surface area contributed by atoms with Crippen molar-refractivity contribution in [1.29, 1.82) is 0 Å². The minimum Gasteiger partial charge on any atom is -0.384 e. The molecule has 0 bridgehead atoms. The standard InChI is InChI=1S/C15H19NO/c17-15(11-5-1-2-6-11)9-12-10-16-14-8-4-3-7-13(12)14/h3-4,7-8,11-12,16H,1-2,5-6,9-10H2. The van der Waals surface area contributed by atoms with E-state index < -0.39 is 0 Å². The molecule has 2 heteroatoms. The van der Waals surface area contributed by atoms with Gasteiger partial charge in [0.25, 0.3) is 0 Å². The van der Waals surface area contributed by atoms with Gasteiger partial charge in [-0.15, -0.1) is 0 Å². The predicted octanol–water partition coefficient (Wildman–Crippen LogP) is 3.35. The maximum absolute atomic E-state index is 12.2. The highest BCUT2D eigenvalue weighted by atomic mass is 16.1. The average Bonchev–Trinajstić information content (AvgIpc) is 2.98. The zero-order valence-electron chi connectivity index (χ0n) is 10.1. The molecule has 1 fully saturated rings. The van der Waals surface area contributed by atoms with Crippen LogP contribution in [-0.4, -0.2) is 12.3 Å². The summed E-state index contributed by atoms with van der Waals surface area (Å²) in [6.45, 7) is 0.928. The highest BCUT2D eigenvalue weighted by molar-refractivity contribution is 5.82. The lowest BCUT2D eigenvalue weighted by Gasteiger charge is -2.12. The fourth-order valence-corrected chi connectivity index (χ4v) is 3.20. The molecule has 1 aromatic rings. The van der Waals surface area contributed by atoms with Gasteiger partial charge in [-0.25, -0.2) is 0 Å². The fraction of sp³-hybridized carbons (Fsp3) is 0.533. The second-order valence-electron chi connectivity index (χ2n) is 5.32. The molecule has 17 heavy (non-hydrogen) atoms. The van der Waals surface area contributed by atoms with Crippen LogP contribution in [0, 0.1) is 5.92 Å². The Kier molecular flexibility index (Phi) is 2.87. The van der Waals surface area contributed by atoms with Crippen LogP contribution in [0.25, 0.3) is 0 Å². The van der Waals surface area contributed by atoms with Gasteiger partial charge in [0.2, 0.25) is 0 Å². The maximum atomic E-state index is 12.2. The van der Waals surface area contributed by atoms with Crippen molar-refractivity contribution < 1.29 is 4.79 Å². The average molecular weight is 229 g/mol. The van der Waals surface area contributed by atoms with Crippen LogP contribution >= 0.6 is 0 Å². The molecule has 3 rings (SSSR count). The monoisotopic (exact) mass is 229 g/mol. The van der Waals surface area contributed by atoms with Crippen molar-refractivity contribution in [2.75, 3.05) is 11.9 Å². The minimum atomic E-state index is 0.364. The summed E-state index contributed by atoms with van der Waals surface area (Å²) in [6, 6.07) is 8.38. The lowest BCUT2D eigenvalue weighted by molar-refractivity contribution is -0.123. The van der Waals surface area contributed by atoms with Gasteiger partial charge in [-0.3, -0.25) is 4.79 Å². The van der Waals surface area contributed by atoms with Crippen LogP contribution in [0.2, 0.25) is 0 Å². The third-order valence-corrected chi connectivity index (χ3v) is 4.20. The summed E-state index contributed by atoms with van der Waals surface area (Å²) in [4.78, 5) is 12.2. The molecule has 0 radical (unpaired) electrons. The topological polar surface area (TPSA) is 29.1 Å². The molecule has 90 valence electrons. The number of carbonyl (C=O) groups is 1. The van der Waals surface area contributed by atoms with Gasteiger partial charge in [-0.2, -0.15) is 0 Å². The maximum Gasteiger partial charge on any atom is 0.136 e. The van der Waals surface area contributed by atoms with Gasteiger partial charge in [0.05, 0.1) is 0 Å². The first-order chi connectivity index (χ1) is 8.34. The number of anilines is 1. The number of para-hydroxylation sites is 1. The normalized spacial score (nSPS) is 23.4. The molecule has 0 aromatic heterocycles. The number of hydrogen-bond acceptors (Lipinski definition) is 2. The Morgan fingerprint density at radius 2 is 2.00 bits per heavy atom. The molecular formula is C15H19NO. The van der Waals surface area contributed by atoms with Gasteiger partial charge >= 0.3 is 0 Å². The molecule has 1 heterocycles. The predicted molar refractivity (Wildman–Crippen MR) is 69.3 cm³/mol. The molecule has 1 unspecified atom stereocenters. The van der Waals surface area contributed by atoms with E-state index in [9.17, 15) is 4.79 Å². The van der Waals surface area contributed by atoms with E-state index in [0.717, 1.165) is 25.8 Å². The minimum absolute atomic E-state index is 0.364. The summed E-state index contributed by atoms with van der Waals surface area (Å²) in [7, 11) is 0. The first kappa shape index (κ1) is 10.8. The Hall–Kier alpha value is -1.31. The molecular weight excluding hydrogens is 210 g/mol. The number of ketones is 1. The van der Waals surface area contributed by atoms with Crippen molar-refractivity contribution in [3.8, 4) is 0 Å². The first-order valence-corrected chi connectivity index (χ1v) is 6.70. The van der Waals surface area contributed by atoms with Crippen LogP contribution in [0.1, 0.15) is 43.6 Å². The second kappa shape index (κ2) is 4.52. The van der Waals surface area contributed by atoms with Gasteiger partial charge < -0.3 is 5.32 Å². The molecule has 1 saturated carbocycles. The van der Waals surface area contributed by atoms with E-state index in [-0.39, 0.29) is 0 Å². The summed E-state index contributed by atoms with van der Waals surface area (Å²) < 4.78 is 0. The van der Waals surface area contributed by atoms with Crippen LogP contribution in [0.5, 0.6) is 0 Å². The summed E-state index contributed by atoms with van der Waals surface area (Å²) in [6.07, 6.45) is 5.47. The van der Waals surface area contributed by atoms with Gasteiger partial charge in [0.1, 0.15) is 5.78 Å². The number of nitrogens with one attached hydrogen (secondary N) is 1. The molecule has 1 atom stereocenters. The Morgan fingerprint density at radius 3 is 2.82 bits per heavy atom. The van der Waals surface area contributed by atoms with Crippen molar-refractivity contribution in [3.05, 3.63) is 29.8 Å². The van der Waals surface area contributed by atoms with E-state index in [4.69, 9.17) is 0 Å². The molecule has 0 amide bonds. The zero-order valence-corrected chi connectivity index (χ0v) is 10.1. The zero-order chi connectivity index (χ0) is 11.7. The third-order valence-electron chi connectivity index (χ3n) is 4.20. The molecule has 1 aromatic carbocycles. The van der Waals surface area contributed by atoms with Crippen LogP contribution < -0.4 is 5.32 Å². The van der Waals surface area contributed by atoms with Gasteiger partial charge in [-0.05, 0) is 24.5 Å². The Labute approximate surface area is 102 Å². The third kappa shape index (κ3) is 2.08. The molecule has 0 spiro atoms. The van der Waals surface area contributed by atoms with E-state index in [0.29, 0.717) is 17.6 Å². The van der Waals surface area contributed by atoms with E-state index >= 15 is 0 Å². The largest absolute Gasteiger partial charge is 0.384 e. The highest BCUT2D eigenvalue weighted by Gasteiger charge is 2.28. The lowest BCUT2D eigenvalue weighted by Crippen LogP contribution is -2.15. The number of hydrogen-bond donors (Lipinski definition) is 1. The van der Waals surface area contributed by atoms with Crippen molar-refractivity contribution in [2.45, 2.75) is 38.0 Å². The number of Topliss-reactive ketones (excluding diaryl/α,β-unsaturated/α-hetero) is 1. The highest BCUT2D eigenvalue weighted by Crippen LogP contribution is 2.35. The smallest absolute Gasteiger partial charge is 0.136 e. The van der Waals surface area contributed by atoms with Crippen molar-refractivity contribution in [1.82, 2.24) is 0 Å².